The Morgan fingerprint density at radius 3 is 2.33 bits per heavy atom. The molecule has 0 aromatic heterocycles. The van der Waals surface area contributed by atoms with E-state index in [9.17, 15) is 14.7 Å². The van der Waals surface area contributed by atoms with Crippen LogP contribution in [-0.2, 0) is 16.1 Å². The molecule has 1 heterocycles. The van der Waals surface area contributed by atoms with Crippen LogP contribution in [0.4, 0.5) is 4.79 Å². The molecule has 1 atom stereocenters. The summed E-state index contributed by atoms with van der Waals surface area (Å²) in [5.41, 5.74) is 0.401. The van der Waals surface area contributed by atoms with Gasteiger partial charge < -0.3 is 24.4 Å². The summed E-state index contributed by atoms with van der Waals surface area (Å²) in [6.45, 7) is 7.14. The zero-order valence-electron chi connectivity index (χ0n) is 18.3. The molecule has 0 spiro atoms. The topological polar surface area (TPSA) is 79.3 Å². The maximum atomic E-state index is 12.3. The van der Waals surface area contributed by atoms with Crippen LogP contribution in [0.2, 0.25) is 0 Å². The average Bonchev–Trinajstić information content (AvgIpc) is 2.72. The first kappa shape index (κ1) is 24.3. The standard InChI is InChI=1S/C22H33ClN2O5/c1-22(2,3)30-21(28)24-11-9-17(10-12-24)19(26)15-25(20(27)13-23)14-16-5-7-18(29-4)8-6-16/h5-8,17,19,26H,9-15H2,1-4H3. The molecule has 1 aliphatic heterocycles. The van der Waals surface area contributed by atoms with Gasteiger partial charge in [-0.25, -0.2) is 4.79 Å². The number of aliphatic hydroxyl groups is 1. The highest BCUT2D eigenvalue weighted by Gasteiger charge is 2.31. The molecule has 0 radical (unpaired) electrons. The SMILES string of the molecule is COc1ccc(CN(CC(O)C2CCN(C(=O)OC(C)(C)C)CC2)C(=O)CCl)cc1. The number of hydrogen-bond acceptors (Lipinski definition) is 5. The minimum atomic E-state index is -0.684. The van der Waals surface area contributed by atoms with E-state index in [0.717, 1.165) is 11.3 Å². The summed E-state index contributed by atoms with van der Waals surface area (Å²) in [5, 5.41) is 10.8. The first-order valence-electron chi connectivity index (χ1n) is 10.3. The van der Waals surface area contributed by atoms with Crippen LogP contribution >= 0.6 is 11.6 Å². The van der Waals surface area contributed by atoms with Crippen LogP contribution in [0.15, 0.2) is 24.3 Å². The Balaban J connectivity index is 1.91. The van der Waals surface area contributed by atoms with Crippen molar-refractivity contribution in [2.24, 2.45) is 5.92 Å². The molecule has 1 N–H and O–H groups in total. The summed E-state index contributed by atoms with van der Waals surface area (Å²) >= 11 is 5.79. The van der Waals surface area contributed by atoms with Crippen LogP contribution in [0.5, 0.6) is 5.75 Å². The molecule has 1 fully saturated rings. The van der Waals surface area contributed by atoms with Crippen LogP contribution in [0.3, 0.4) is 0 Å². The lowest BCUT2D eigenvalue weighted by Crippen LogP contribution is -2.46. The third-order valence-corrected chi connectivity index (χ3v) is 5.37. The van der Waals surface area contributed by atoms with E-state index in [1.807, 2.05) is 45.0 Å². The molecule has 0 aliphatic carbocycles. The second-order valence-corrected chi connectivity index (χ2v) is 8.90. The molecule has 0 saturated carbocycles. The van der Waals surface area contributed by atoms with Crippen molar-refractivity contribution in [1.82, 2.24) is 9.80 Å². The van der Waals surface area contributed by atoms with Crippen LogP contribution in [0.1, 0.15) is 39.2 Å². The number of aliphatic hydroxyl groups excluding tert-OH is 1. The molecule has 1 aromatic rings. The summed E-state index contributed by atoms with van der Waals surface area (Å²) in [6, 6.07) is 7.45. The van der Waals surface area contributed by atoms with Gasteiger partial charge in [-0.15, -0.1) is 11.6 Å². The highest BCUT2D eigenvalue weighted by Crippen LogP contribution is 2.24. The summed E-state index contributed by atoms with van der Waals surface area (Å²) in [5.74, 6) is 0.383. The summed E-state index contributed by atoms with van der Waals surface area (Å²) in [7, 11) is 1.60. The van der Waals surface area contributed by atoms with Gasteiger partial charge in [0.1, 0.15) is 17.2 Å². The molecular weight excluding hydrogens is 408 g/mol. The highest BCUT2D eigenvalue weighted by molar-refractivity contribution is 6.27. The molecule has 0 bridgehead atoms. The van der Waals surface area contributed by atoms with Gasteiger partial charge in [0.05, 0.1) is 13.2 Å². The minimum Gasteiger partial charge on any atom is -0.497 e. The zero-order chi connectivity index (χ0) is 22.3. The predicted molar refractivity (Wildman–Crippen MR) is 116 cm³/mol. The molecular formula is C22H33ClN2O5. The number of amides is 2. The Kier molecular flexibility index (Phi) is 8.79. The maximum Gasteiger partial charge on any atom is 0.410 e. The van der Waals surface area contributed by atoms with Crippen LogP contribution in [-0.4, -0.2) is 71.2 Å². The quantitative estimate of drug-likeness (QED) is 0.658. The second kappa shape index (κ2) is 10.9. The van der Waals surface area contributed by atoms with E-state index in [2.05, 4.69) is 0 Å². The van der Waals surface area contributed by atoms with E-state index in [1.165, 1.54) is 0 Å². The maximum absolute atomic E-state index is 12.3. The van der Waals surface area contributed by atoms with Crippen LogP contribution in [0.25, 0.3) is 0 Å². The largest absolute Gasteiger partial charge is 0.497 e. The normalized spacial score (nSPS) is 16.1. The van der Waals surface area contributed by atoms with Crippen molar-refractivity contribution in [1.29, 1.82) is 0 Å². The number of methoxy groups -OCH3 is 1. The Bertz CT molecular complexity index is 696. The summed E-state index contributed by atoms with van der Waals surface area (Å²) in [6.07, 6.45) is 0.308. The van der Waals surface area contributed by atoms with Gasteiger partial charge in [0.25, 0.3) is 0 Å². The number of rotatable bonds is 7. The lowest BCUT2D eigenvalue weighted by atomic mass is 9.91. The molecule has 7 nitrogen and oxygen atoms in total. The van der Waals surface area contributed by atoms with E-state index in [4.69, 9.17) is 21.1 Å². The van der Waals surface area contributed by atoms with Crippen molar-refractivity contribution in [2.45, 2.75) is 51.9 Å². The van der Waals surface area contributed by atoms with Crippen molar-refractivity contribution in [3.8, 4) is 5.75 Å². The number of halogens is 1. The van der Waals surface area contributed by atoms with Crippen LogP contribution in [0, 0.1) is 5.92 Å². The highest BCUT2D eigenvalue weighted by atomic mass is 35.5. The Hall–Kier alpha value is -1.99. The van der Waals surface area contributed by atoms with Gasteiger partial charge in [0, 0.05) is 26.2 Å². The van der Waals surface area contributed by atoms with Gasteiger partial charge in [-0.05, 0) is 57.2 Å². The lowest BCUT2D eigenvalue weighted by Gasteiger charge is -2.36. The number of ether oxygens (including phenoxy) is 2. The van der Waals surface area contributed by atoms with Gasteiger partial charge >= 0.3 is 6.09 Å². The predicted octanol–water partition coefficient (Wildman–Crippen LogP) is 3.27. The van der Waals surface area contributed by atoms with Crippen molar-refractivity contribution >= 4 is 23.6 Å². The Labute approximate surface area is 183 Å². The fraction of sp³-hybridized carbons (Fsp3) is 0.636. The van der Waals surface area contributed by atoms with Crippen molar-refractivity contribution in [2.75, 3.05) is 32.6 Å². The monoisotopic (exact) mass is 440 g/mol. The van der Waals surface area contributed by atoms with Gasteiger partial charge in [-0.3, -0.25) is 4.79 Å². The lowest BCUT2D eigenvalue weighted by molar-refractivity contribution is -0.131. The average molecular weight is 441 g/mol. The number of carbonyl (C=O) groups is 2. The Morgan fingerprint density at radius 1 is 1.23 bits per heavy atom. The fourth-order valence-corrected chi connectivity index (χ4v) is 3.63. The van der Waals surface area contributed by atoms with E-state index < -0.39 is 11.7 Å². The molecule has 1 saturated heterocycles. The molecule has 1 aromatic carbocycles. The molecule has 2 amide bonds. The van der Waals surface area contributed by atoms with Crippen molar-refractivity contribution in [3.63, 3.8) is 0 Å². The number of nitrogens with zero attached hydrogens (tertiary/aromatic N) is 2. The fourth-order valence-electron chi connectivity index (χ4n) is 3.46. The number of carbonyl (C=O) groups excluding carboxylic acids is 2. The molecule has 30 heavy (non-hydrogen) atoms. The number of likely N-dealkylation sites (tertiary alicyclic amines) is 1. The first-order valence-corrected chi connectivity index (χ1v) is 10.8. The zero-order valence-corrected chi connectivity index (χ0v) is 19.0. The molecule has 1 aliphatic rings. The molecule has 2 rings (SSSR count). The number of piperidine rings is 1. The van der Waals surface area contributed by atoms with Gasteiger partial charge in [0.2, 0.25) is 5.91 Å². The smallest absolute Gasteiger partial charge is 0.410 e. The van der Waals surface area contributed by atoms with Gasteiger partial charge in [-0.1, -0.05) is 12.1 Å². The molecule has 168 valence electrons. The van der Waals surface area contributed by atoms with E-state index in [1.54, 1.807) is 16.9 Å². The second-order valence-electron chi connectivity index (χ2n) is 8.63. The van der Waals surface area contributed by atoms with E-state index >= 15 is 0 Å². The number of hydrogen-bond donors (Lipinski definition) is 1. The van der Waals surface area contributed by atoms with E-state index in [0.29, 0.717) is 32.5 Å². The van der Waals surface area contributed by atoms with Gasteiger partial charge in [0.15, 0.2) is 0 Å². The molecule has 1 unspecified atom stereocenters. The molecule has 8 heteroatoms. The first-order chi connectivity index (χ1) is 14.1. The summed E-state index contributed by atoms with van der Waals surface area (Å²) in [4.78, 5) is 27.8. The van der Waals surface area contributed by atoms with Crippen molar-refractivity contribution in [3.05, 3.63) is 29.8 Å². The third-order valence-electron chi connectivity index (χ3n) is 5.14. The minimum absolute atomic E-state index is 0.00480. The van der Waals surface area contributed by atoms with Gasteiger partial charge in [-0.2, -0.15) is 0 Å². The third kappa shape index (κ3) is 7.36. The van der Waals surface area contributed by atoms with Crippen molar-refractivity contribution < 1.29 is 24.2 Å². The van der Waals surface area contributed by atoms with Crippen LogP contribution < -0.4 is 4.74 Å². The number of benzene rings is 1. The Morgan fingerprint density at radius 2 is 1.83 bits per heavy atom. The van der Waals surface area contributed by atoms with E-state index in [-0.39, 0.29) is 30.3 Å². The summed E-state index contributed by atoms with van der Waals surface area (Å²) < 4.78 is 10.6. The number of alkyl halides is 1.